The van der Waals surface area contributed by atoms with Crippen LogP contribution in [0.15, 0.2) is 42.5 Å². The first kappa shape index (κ1) is 16.5. The molecule has 0 fully saturated rings. The lowest BCUT2D eigenvalue weighted by Gasteiger charge is -2.20. The van der Waals surface area contributed by atoms with Crippen LogP contribution in [0, 0.1) is 0 Å². The van der Waals surface area contributed by atoms with Crippen LogP contribution in [0.3, 0.4) is 0 Å². The van der Waals surface area contributed by atoms with Gasteiger partial charge in [-0.3, -0.25) is 0 Å². The number of aliphatic hydroxyl groups is 1. The summed E-state index contributed by atoms with van der Waals surface area (Å²) in [6.07, 6.45) is 0.728. The number of hydrogen-bond acceptors (Lipinski definition) is 3. The minimum atomic E-state index is 0.00366. The lowest BCUT2D eigenvalue weighted by molar-refractivity contribution is 0.296. The van der Waals surface area contributed by atoms with Crippen molar-refractivity contribution in [2.24, 2.45) is 0 Å². The van der Waals surface area contributed by atoms with E-state index in [0.717, 1.165) is 23.3 Å². The van der Waals surface area contributed by atoms with E-state index in [1.807, 2.05) is 36.4 Å². The molecule has 0 amide bonds. The second-order valence-corrected chi connectivity index (χ2v) is 6.68. The molecule has 0 heterocycles. The normalized spacial score (nSPS) is 12.3. The van der Waals surface area contributed by atoms with E-state index in [0.29, 0.717) is 15.7 Å². The number of thioether (sulfide) groups is 1. The summed E-state index contributed by atoms with van der Waals surface area (Å²) >= 11 is 14.2. The largest absolute Gasteiger partial charge is 0.398 e. The van der Waals surface area contributed by atoms with Crippen molar-refractivity contribution in [1.29, 1.82) is 0 Å². The maximum atomic E-state index is 8.99. The van der Waals surface area contributed by atoms with Gasteiger partial charge in [-0.2, -0.15) is 0 Å². The summed E-state index contributed by atoms with van der Waals surface area (Å²) in [6, 6.07) is 13.2. The predicted molar refractivity (Wildman–Crippen MR) is 93.3 cm³/mol. The number of anilines is 1. The number of rotatable bonds is 6. The molecule has 2 nitrogen and oxygen atoms in total. The smallest absolute Gasteiger partial charge is 0.0582 e. The summed E-state index contributed by atoms with van der Waals surface area (Å²) in [6.45, 7) is 0.174. The fraction of sp³-hybridized carbons (Fsp3) is 0.250. The second kappa shape index (κ2) is 7.95. The summed E-state index contributed by atoms with van der Waals surface area (Å²) in [4.78, 5) is 0. The Morgan fingerprint density at radius 1 is 1.10 bits per heavy atom. The zero-order chi connectivity index (χ0) is 15.2. The molecule has 112 valence electrons. The molecule has 21 heavy (non-hydrogen) atoms. The summed E-state index contributed by atoms with van der Waals surface area (Å²) in [5.74, 6) is 0.818. The minimum absolute atomic E-state index is 0.00366. The van der Waals surface area contributed by atoms with Crippen LogP contribution in [0.1, 0.15) is 22.8 Å². The number of halogens is 2. The highest BCUT2D eigenvalue weighted by atomic mass is 35.5. The molecule has 0 saturated carbocycles. The van der Waals surface area contributed by atoms with Crippen molar-refractivity contribution in [1.82, 2.24) is 0 Å². The van der Waals surface area contributed by atoms with Gasteiger partial charge in [0, 0.05) is 22.3 Å². The number of hydrogen-bond donors (Lipinski definition) is 2. The van der Waals surface area contributed by atoms with Crippen molar-refractivity contribution in [3.63, 3.8) is 0 Å². The van der Waals surface area contributed by atoms with Crippen molar-refractivity contribution in [2.45, 2.75) is 11.7 Å². The molecule has 0 spiro atoms. The van der Waals surface area contributed by atoms with Crippen LogP contribution in [0.2, 0.25) is 10.0 Å². The molecule has 0 aliphatic heterocycles. The quantitative estimate of drug-likeness (QED) is 0.587. The topological polar surface area (TPSA) is 46.2 Å². The number of nitrogens with two attached hydrogens (primary N) is 1. The van der Waals surface area contributed by atoms with E-state index >= 15 is 0 Å². The summed E-state index contributed by atoms with van der Waals surface area (Å²) in [7, 11) is 0. The monoisotopic (exact) mass is 341 g/mol. The second-order valence-electron chi connectivity index (χ2n) is 4.62. The summed E-state index contributed by atoms with van der Waals surface area (Å²) in [5, 5.41) is 10.4. The molecule has 1 atom stereocenters. The Balaban J connectivity index is 2.40. The molecule has 0 saturated heterocycles. The Bertz CT molecular complexity index is 607. The maximum absolute atomic E-state index is 8.99. The third kappa shape index (κ3) is 4.30. The standard InChI is InChI=1S/C16H17Cl2NOS/c17-11-6-7-15(19)13(10-11)16(21-9-3-8-20)12-4-1-2-5-14(12)18/h1-2,4-7,10,16,20H,3,8-9,19H2. The molecule has 2 aromatic carbocycles. The van der Waals surface area contributed by atoms with Crippen LogP contribution >= 0.6 is 35.0 Å². The molecular formula is C16H17Cl2NOS. The van der Waals surface area contributed by atoms with E-state index in [2.05, 4.69) is 0 Å². The number of aliphatic hydroxyl groups excluding tert-OH is 1. The van der Waals surface area contributed by atoms with Gasteiger partial charge in [0.05, 0.1) is 5.25 Å². The van der Waals surface area contributed by atoms with Gasteiger partial charge in [0.15, 0.2) is 0 Å². The van der Waals surface area contributed by atoms with Gasteiger partial charge in [-0.25, -0.2) is 0 Å². The van der Waals surface area contributed by atoms with Gasteiger partial charge in [0.2, 0.25) is 0 Å². The van der Waals surface area contributed by atoms with E-state index in [1.54, 1.807) is 17.8 Å². The highest BCUT2D eigenvalue weighted by Gasteiger charge is 2.20. The zero-order valence-electron chi connectivity index (χ0n) is 11.4. The molecule has 1 unspecified atom stereocenters. The van der Waals surface area contributed by atoms with Crippen LogP contribution in [-0.2, 0) is 0 Å². The van der Waals surface area contributed by atoms with Gasteiger partial charge < -0.3 is 10.8 Å². The van der Waals surface area contributed by atoms with Gasteiger partial charge in [0.1, 0.15) is 0 Å². The van der Waals surface area contributed by atoms with E-state index in [9.17, 15) is 0 Å². The van der Waals surface area contributed by atoms with Crippen molar-refractivity contribution < 1.29 is 5.11 Å². The van der Waals surface area contributed by atoms with Crippen LogP contribution in [-0.4, -0.2) is 17.5 Å². The maximum Gasteiger partial charge on any atom is 0.0582 e. The molecule has 0 bridgehead atoms. The van der Waals surface area contributed by atoms with Gasteiger partial charge in [0.25, 0.3) is 0 Å². The fourth-order valence-corrected chi connectivity index (χ4v) is 3.86. The lowest BCUT2D eigenvalue weighted by Crippen LogP contribution is -2.04. The average Bonchev–Trinajstić information content (AvgIpc) is 2.48. The first-order valence-electron chi connectivity index (χ1n) is 6.65. The lowest BCUT2D eigenvalue weighted by atomic mass is 10.0. The Hall–Kier alpha value is -0.870. The molecule has 2 aromatic rings. The minimum Gasteiger partial charge on any atom is -0.398 e. The molecule has 2 rings (SSSR count). The Labute approximate surface area is 139 Å². The first-order chi connectivity index (χ1) is 10.1. The van der Waals surface area contributed by atoms with E-state index in [-0.39, 0.29) is 11.9 Å². The third-order valence-electron chi connectivity index (χ3n) is 3.11. The van der Waals surface area contributed by atoms with Crippen LogP contribution in [0.4, 0.5) is 5.69 Å². The Morgan fingerprint density at radius 3 is 2.57 bits per heavy atom. The predicted octanol–water partition coefficient (Wildman–Crippen LogP) is 4.78. The zero-order valence-corrected chi connectivity index (χ0v) is 13.8. The van der Waals surface area contributed by atoms with Crippen LogP contribution < -0.4 is 5.73 Å². The van der Waals surface area contributed by atoms with Gasteiger partial charge in [-0.1, -0.05) is 41.4 Å². The number of benzene rings is 2. The van der Waals surface area contributed by atoms with Gasteiger partial charge in [-0.15, -0.1) is 11.8 Å². The van der Waals surface area contributed by atoms with Gasteiger partial charge >= 0.3 is 0 Å². The van der Waals surface area contributed by atoms with E-state index in [1.165, 1.54) is 0 Å². The van der Waals surface area contributed by atoms with Crippen molar-refractivity contribution in [3.8, 4) is 0 Å². The average molecular weight is 342 g/mol. The highest BCUT2D eigenvalue weighted by Crippen LogP contribution is 2.42. The van der Waals surface area contributed by atoms with Gasteiger partial charge in [-0.05, 0) is 47.6 Å². The van der Waals surface area contributed by atoms with Crippen LogP contribution in [0.25, 0.3) is 0 Å². The SMILES string of the molecule is Nc1ccc(Cl)cc1C(SCCCO)c1ccccc1Cl. The van der Waals surface area contributed by atoms with E-state index in [4.69, 9.17) is 34.0 Å². The van der Waals surface area contributed by atoms with E-state index < -0.39 is 0 Å². The van der Waals surface area contributed by atoms with Crippen LogP contribution in [0.5, 0.6) is 0 Å². The third-order valence-corrected chi connectivity index (χ3v) is 5.05. The molecule has 0 aliphatic carbocycles. The first-order valence-corrected chi connectivity index (χ1v) is 8.45. The highest BCUT2D eigenvalue weighted by molar-refractivity contribution is 7.99. The molecule has 0 radical (unpaired) electrons. The molecular weight excluding hydrogens is 325 g/mol. The van der Waals surface area contributed by atoms with Crippen molar-refractivity contribution in [2.75, 3.05) is 18.1 Å². The fourth-order valence-electron chi connectivity index (χ4n) is 2.07. The Kier molecular flexibility index (Phi) is 6.24. The Morgan fingerprint density at radius 2 is 1.86 bits per heavy atom. The molecule has 0 aliphatic rings. The molecule has 3 N–H and O–H groups in total. The summed E-state index contributed by atoms with van der Waals surface area (Å²) < 4.78 is 0. The molecule has 0 aromatic heterocycles. The number of nitrogen functional groups attached to an aromatic ring is 1. The summed E-state index contributed by atoms with van der Waals surface area (Å²) in [5.41, 5.74) is 8.78. The van der Waals surface area contributed by atoms with Crippen molar-refractivity contribution >= 4 is 40.7 Å². The molecule has 5 heteroatoms. The van der Waals surface area contributed by atoms with Crippen molar-refractivity contribution in [3.05, 3.63) is 63.6 Å².